The lowest BCUT2D eigenvalue weighted by molar-refractivity contribution is -0.118. The van der Waals surface area contributed by atoms with Crippen molar-refractivity contribution in [2.24, 2.45) is 0 Å². The van der Waals surface area contributed by atoms with Crippen LogP contribution in [0, 0.1) is 18.3 Å². The topological polar surface area (TPSA) is 99.9 Å². The Kier molecular flexibility index (Phi) is 4.95. The molecule has 0 aliphatic heterocycles. The summed E-state index contributed by atoms with van der Waals surface area (Å²) in [6.45, 7) is 1.75. The van der Waals surface area contributed by atoms with Gasteiger partial charge >= 0.3 is 0 Å². The van der Waals surface area contributed by atoms with E-state index in [4.69, 9.17) is 5.26 Å². The fraction of sp³-hybridized carbons (Fsp3) is 0.154. The van der Waals surface area contributed by atoms with Crippen molar-refractivity contribution in [2.45, 2.75) is 18.2 Å². The monoisotopic (exact) mass is 399 g/mol. The van der Waals surface area contributed by atoms with Crippen LogP contribution in [0.25, 0.3) is 0 Å². The summed E-state index contributed by atoms with van der Waals surface area (Å²) >= 11 is 4.43. The second kappa shape index (κ2) is 6.56. The predicted octanol–water partition coefficient (Wildman–Crippen LogP) is 2.13. The molecule has 2 aromatic rings. The highest BCUT2D eigenvalue weighted by Gasteiger charge is 2.20. The number of aryl methyl sites for hydroxylation is 1. The highest BCUT2D eigenvalue weighted by molar-refractivity contribution is 9.10. The van der Waals surface area contributed by atoms with Gasteiger partial charge in [0.15, 0.2) is 0 Å². The van der Waals surface area contributed by atoms with Crippen molar-refractivity contribution >= 4 is 43.2 Å². The zero-order chi connectivity index (χ0) is 16.3. The van der Waals surface area contributed by atoms with Crippen molar-refractivity contribution in [2.75, 3.05) is 0 Å². The van der Waals surface area contributed by atoms with Crippen LogP contribution in [0.2, 0.25) is 0 Å². The molecule has 9 heteroatoms. The van der Waals surface area contributed by atoms with Crippen LogP contribution in [0.5, 0.6) is 0 Å². The molecule has 0 saturated carbocycles. The van der Waals surface area contributed by atoms with Crippen molar-refractivity contribution in [3.8, 4) is 6.07 Å². The first-order valence-electron chi connectivity index (χ1n) is 5.97. The number of sulfonamides is 1. The number of rotatable bonds is 4. The predicted molar refractivity (Wildman–Crippen MR) is 84.7 cm³/mol. The number of hydrogen-bond acceptors (Lipinski definition) is 6. The van der Waals surface area contributed by atoms with Crippen LogP contribution in [-0.4, -0.2) is 19.3 Å². The smallest absolute Gasteiger partial charge is 0.264 e. The minimum Gasteiger partial charge on any atom is -0.274 e. The third kappa shape index (κ3) is 3.91. The molecule has 1 aromatic heterocycles. The van der Waals surface area contributed by atoms with Gasteiger partial charge in [-0.05, 0) is 25.1 Å². The molecule has 0 aliphatic carbocycles. The molecule has 1 amide bonds. The lowest BCUT2D eigenvalue weighted by Gasteiger charge is -2.07. The van der Waals surface area contributed by atoms with E-state index in [2.05, 4.69) is 20.9 Å². The van der Waals surface area contributed by atoms with Gasteiger partial charge in [0.1, 0.15) is 0 Å². The SMILES string of the molecule is Cc1ncsc1CC(=O)NS(=O)(=O)c1cc(Br)cc(C#N)c1. The molecular weight excluding hydrogens is 390 g/mol. The molecule has 0 saturated heterocycles. The number of nitriles is 1. The molecule has 22 heavy (non-hydrogen) atoms. The Bertz CT molecular complexity index is 869. The minimum atomic E-state index is -4.03. The van der Waals surface area contributed by atoms with Crippen LogP contribution >= 0.6 is 27.3 Å². The van der Waals surface area contributed by atoms with E-state index in [1.807, 2.05) is 10.8 Å². The third-order valence-electron chi connectivity index (χ3n) is 2.72. The van der Waals surface area contributed by atoms with Crippen LogP contribution in [0.15, 0.2) is 33.1 Å². The van der Waals surface area contributed by atoms with E-state index in [-0.39, 0.29) is 16.9 Å². The van der Waals surface area contributed by atoms with Crippen LogP contribution in [0.1, 0.15) is 16.1 Å². The third-order valence-corrected chi connectivity index (χ3v) is 5.47. The summed E-state index contributed by atoms with van der Waals surface area (Å²) in [5, 5.41) is 8.88. The van der Waals surface area contributed by atoms with Crippen molar-refractivity contribution in [3.63, 3.8) is 0 Å². The fourth-order valence-electron chi connectivity index (χ4n) is 1.67. The maximum Gasteiger partial charge on any atom is 0.264 e. The summed E-state index contributed by atoms with van der Waals surface area (Å²) in [6.07, 6.45) is -0.0607. The average Bonchev–Trinajstić information content (AvgIpc) is 2.82. The molecular formula is C13H10BrN3O3S2. The van der Waals surface area contributed by atoms with Crippen molar-refractivity contribution in [3.05, 3.63) is 44.3 Å². The van der Waals surface area contributed by atoms with Gasteiger partial charge in [-0.15, -0.1) is 11.3 Å². The van der Waals surface area contributed by atoms with Crippen molar-refractivity contribution in [1.29, 1.82) is 5.26 Å². The summed E-state index contributed by atoms with van der Waals surface area (Å²) < 4.78 is 26.8. The standard InChI is InChI=1S/C13H10BrN3O3S2/c1-8-12(21-7-16-8)5-13(18)17-22(19,20)11-3-9(6-15)2-10(14)4-11/h2-4,7H,5H2,1H3,(H,17,18). The van der Waals surface area contributed by atoms with Gasteiger partial charge in [-0.2, -0.15) is 5.26 Å². The number of amides is 1. The average molecular weight is 400 g/mol. The van der Waals surface area contributed by atoms with Crippen LogP contribution in [0.3, 0.4) is 0 Å². The minimum absolute atomic E-state index is 0.0607. The van der Waals surface area contributed by atoms with Gasteiger partial charge in [0, 0.05) is 9.35 Å². The van der Waals surface area contributed by atoms with Gasteiger partial charge < -0.3 is 0 Å². The number of thiazole rings is 1. The molecule has 0 bridgehead atoms. The van der Waals surface area contributed by atoms with Gasteiger partial charge in [0.2, 0.25) is 5.91 Å². The zero-order valence-electron chi connectivity index (χ0n) is 11.3. The Morgan fingerprint density at radius 1 is 1.45 bits per heavy atom. The fourth-order valence-corrected chi connectivity index (χ4v) is 4.14. The Hall–Kier alpha value is -1.76. The lowest BCUT2D eigenvalue weighted by Crippen LogP contribution is -2.31. The molecule has 6 nitrogen and oxygen atoms in total. The molecule has 0 atom stereocenters. The Morgan fingerprint density at radius 3 is 2.77 bits per heavy atom. The maximum absolute atomic E-state index is 12.2. The summed E-state index contributed by atoms with van der Waals surface area (Å²) in [5.41, 5.74) is 2.48. The molecule has 0 fully saturated rings. The molecule has 1 N–H and O–H groups in total. The molecule has 114 valence electrons. The van der Waals surface area contributed by atoms with E-state index < -0.39 is 15.9 Å². The van der Waals surface area contributed by atoms with E-state index in [0.717, 1.165) is 0 Å². The van der Waals surface area contributed by atoms with Crippen molar-refractivity contribution < 1.29 is 13.2 Å². The first kappa shape index (κ1) is 16.6. The van der Waals surface area contributed by atoms with E-state index >= 15 is 0 Å². The molecule has 0 aliphatic rings. The summed E-state index contributed by atoms with van der Waals surface area (Å²) in [6, 6.07) is 5.89. The van der Waals surface area contributed by atoms with Gasteiger partial charge in [-0.1, -0.05) is 15.9 Å². The second-order valence-electron chi connectivity index (χ2n) is 4.35. The molecule has 0 spiro atoms. The van der Waals surface area contributed by atoms with Crippen LogP contribution in [0.4, 0.5) is 0 Å². The number of carbonyl (C=O) groups excluding carboxylic acids is 1. The van der Waals surface area contributed by atoms with Gasteiger partial charge in [-0.25, -0.2) is 18.1 Å². The maximum atomic E-state index is 12.2. The highest BCUT2D eigenvalue weighted by Crippen LogP contribution is 2.19. The number of aromatic nitrogens is 1. The summed E-state index contributed by atoms with van der Waals surface area (Å²) in [7, 11) is -4.03. The van der Waals surface area contributed by atoms with Gasteiger partial charge in [0.25, 0.3) is 10.0 Å². The number of nitrogens with one attached hydrogen (secondary N) is 1. The van der Waals surface area contributed by atoms with Gasteiger partial charge in [0.05, 0.1) is 34.2 Å². The second-order valence-corrected chi connectivity index (χ2v) is 7.89. The normalized spacial score (nSPS) is 11.0. The number of nitrogens with zero attached hydrogens (tertiary/aromatic N) is 2. The zero-order valence-corrected chi connectivity index (χ0v) is 14.5. The van der Waals surface area contributed by atoms with E-state index in [1.165, 1.54) is 29.5 Å². The Balaban J connectivity index is 2.21. The van der Waals surface area contributed by atoms with Crippen LogP contribution in [-0.2, 0) is 21.2 Å². The van der Waals surface area contributed by atoms with E-state index in [0.29, 0.717) is 15.0 Å². The molecule has 1 aromatic carbocycles. The lowest BCUT2D eigenvalue weighted by atomic mass is 10.2. The Labute approximate surface area is 140 Å². The highest BCUT2D eigenvalue weighted by atomic mass is 79.9. The van der Waals surface area contributed by atoms with E-state index in [1.54, 1.807) is 12.4 Å². The number of halogens is 1. The largest absolute Gasteiger partial charge is 0.274 e. The molecule has 0 radical (unpaired) electrons. The first-order valence-corrected chi connectivity index (χ1v) is 9.12. The summed E-state index contributed by atoms with van der Waals surface area (Å²) in [5.74, 6) is -0.647. The molecule has 1 heterocycles. The van der Waals surface area contributed by atoms with Crippen LogP contribution < -0.4 is 4.72 Å². The number of hydrogen-bond donors (Lipinski definition) is 1. The summed E-state index contributed by atoms with van der Waals surface area (Å²) in [4.78, 5) is 16.5. The first-order chi connectivity index (χ1) is 10.3. The quantitative estimate of drug-likeness (QED) is 0.848. The number of carbonyl (C=O) groups is 1. The van der Waals surface area contributed by atoms with Crippen molar-refractivity contribution in [1.82, 2.24) is 9.71 Å². The van der Waals surface area contributed by atoms with E-state index in [9.17, 15) is 13.2 Å². The Morgan fingerprint density at radius 2 is 2.18 bits per heavy atom. The molecule has 0 unspecified atom stereocenters. The van der Waals surface area contributed by atoms with Gasteiger partial charge in [-0.3, -0.25) is 4.79 Å². The molecule has 2 rings (SSSR count). The number of benzene rings is 1.